The maximum Gasteiger partial charge on any atom is 0.126 e. The second-order valence-electron chi connectivity index (χ2n) is 5.29. The quantitative estimate of drug-likeness (QED) is 0.547. The summed E-state index contributed by atoms with van der Waals surface area (Å²) in [5.74, 6) is 1.56. The third-order valence-electron chi connectivity index (χ3n) is 4.94. The van der Waals surface area contributed by atoms with Gasteiger partial charge in [-0.25, -0.2) is 0 Å². The Morgan fingerprint density at radius 1 is 1.42 bits per heavy atom. The molecule has 2 aliphatic rings. The molecule has 2 saturated carbocycles. The maximum absolute atomic E-state index is 11.1. The van der Waals surface area contributed by atoms with Gasteiger partial charge in [-0.1, -0.05) is 20.8 Å². The number of hydrogen-bond acceptors (Lipinski definition) is 1. The van der Waals surface area contributed by atoms with E-state index in [-0.39, 0.29) is 10.8 Å². The zero-order valence-electron chi connectivity index (χ0n) is 8.26. The van der Waals surface area contributed by atoms with Crippen LogP contribution in [0.1, 0.15) is 40.0 Å². The topological polar surface area (TPSA) is 17.1 Å². The van der Waals surface area contributed by atoms with Crippen molar-refractivity contribution in [2.75, 3.05) is 0 Å². The van der Waals surface area contributed by atoms with Crippen molar-refractivity contribution >= 4 is 6.29 Å². The number of carbonyl (C=O) groups excluding carboxylic acids is 1. The molecule has 0 aromatic rings. The Hall–Kier alpha value is -0.330. The summed E-state index contributed by atoms with van der Waals surface area (Å²) in [5, 5.41) is 0. The summed E-state index contributed by atoms with van der Waals surface area (Å²) in [7, 11) is 0. The molecule has 2 fully saturated rings. The first-order chi connectivity index (χ1) is 5.53. The number of aldehydes is 1. The molecule has 3 unspecified atom stereocenters. The Morgan fingerprint density at radius 2 is 2.08 bits per heavy atom. The molecule has 2 aliphatic carbocycles. The molecule has 1 nitrogen and oxygen atoms in total. The van der Waals surface area contributed by atoms with E-state index in [0.29, 0.717) is 0 Å². The molecule has 0 aromatic heterocycles. The first-order valence-electron chi connectivity index (χ1n) is 5.00. The monoisotopic (exact) mass is 166 g/mol. The van der Waals surface area contributed by atoms with Gasteiger partial charge in [0, 0.05) is 5.41 Å². The van der Waals surface area contributed by atoms with Gasteiger partial charge in [0.1, 0.15) is 6.29 Å². The van der Waals surface area contributed by atoms with Gasteiger partial charge in [-0.3, -0.25) is 0 Å². The second-order valence-corrected chi connectivity index (χ2v) is 5.29. The minimum Gasteiger partial charge on any atom is -0.303 e. The van der Waals surface area contributed by atoms with Gasteiger partial charge in [0.15, 0.2) is 0 Å². The predicted octanol–water partition coefficient (Wildman–Crippen LogP) is 2.65. The van der Waals surface area contributed by atoms with E-state index in [4.69, 9.17) is 0 Å². The van der Waals surface area contributed by atoms with E-state index in [1.807, 2.05) is 0 Å². The molecule has 0 amide bonds. The Morgan fingerprint density at radius 3 is 2.42 bits per heavy atom. The molecule has 0 N–H and O–H groups in total. The second kappa shape index (κ2) is 2.12. The lowest BCUT2D eigenvalue weighted by Crippen LogP contribution is -2.39. The van der Waals surface area contributed by atoms with Crippen LogP contribution < -0.4 is 0 Å². The van der Waals surface area contributed by atoms with Crippen LogP contribution >= 0.6 is 0 Å². The van der Waals surface area contributed by atoms with E-state index >= 15 is 0 Å². The molecule has 3 atom stereocenters. The van der Waals surface area contributed by atoms with Crippen LogP contribution in [0.5, 0.6) is 0 Å². The molecule has 0 saturated heterocycles. The minimum atomic E-state index is 0.0388. The summed E-state index contributed by atoms with van der Waals surface area (Å²) in [6.45, 7) is 6.85. The van der Waals surface area contributed by atoms with E-state index in [2.05, 4.69) is 20.8 Å². The Kier molecular flexibility index (Phi) is 1.47. The lowest BCUT2D eigenvalue weighted by Gasteiger charge is -2.42. The predicted molar refractivity (Wildman–Crippen MR) is 48.8 cm³/mol. The molecule has 0 aliphatic heterocycles. The normalized spacial score (nSPS) is 49.6. The summed E-state index contributed by atoms with van der Waals surface area (Å²) >= 11 is 0. The van der Waals surface area contributed by atoms with Crippen LogP contribution in [0.3, 0.4) is 0 Å². The van der Waals surface area contributed by atoms with Crippen molar-refractivity contribution in [2.24, 2.45) is 22.7 Å². The first kappa shape index (κ1) is 8.28. The van der Waals surface area contributed by atoms with Gasteiger partial charge in [-0.2, -0.15) is 0 Å². The highest BCUT2D eigenvalue weighted by molar-refractivity contribution is 5.63. The summed E-state index contributed by atoms with van der Waals surface area (Å²) in [6.07, 6.45) is 4.82. The van der Waals surface area contributed by atoms with Gasteiger partial charge in [0.25, 0.3) is 0 Å². The molecule has 0 spiro atoms. The summed E-state index contributed by atoms with van der Waals surface area (Å²) in [5.41, 5.74) is 0.286. The van der Waals surface area contributed by atoms with Gasteiger partial charge >= 0.3 is 0 Å². The average molecular weight is 166 g/mol. The van der Waals surface area contributed by atoms with E-state index in [1.54, 1.807) is 0 Å². The highest BCUT2D eigenvalue weighted by atomic mass is 16.1. The standard InChI is InChI=1S/C11H18O/c1-8-9-4-5-11(6-9,7-12)10(8,2)3/h7-9H,4-6H2,1-3H3. The molecule has 0 aromatic carbocycles. The van der Waals surface area contributed by atoms with Crippen LogP contribution in [0.25, 0.3) is 0 Å². The van der Waals surface area contributed by atoms with Crippen molar-refractivity contribution in [2.45, 2.75) is 40.0 Å². The van der Waals surface area contributed by atoms with Crippen LogP contribution in [0.2, 0.25) is 0 Å². The fourth-order valence-electron chi connectivity index (χ4n) is 3.43. The lowest BCUT2D eigenvalue weighted by atomic mass is 9.61. The number of hydrogen-bond donors (Lipinski definition) is 0. The van der Waals surface area contributed by atoms with Gasteiger partial charge in [0.2, 0.25) is 0 Å². The van der Waals surface area contributed by atoms with Crippen molar-refractivity contribution in [3.8, 4) is 0 Å². The summed E-state index contributed by atoms with van der Waals surface area (Å²) in [6, 6.07) is 0. The van der Waals surface area contributed by atoms with Crippen molar-refractivity contribution < 1.29 is 4.79 Å². The smallest absolute Gasteiger partial charge is 0.126 e. The number of rotatable bonds is 1. The first-order valence-corrected chi connectivity index (χ1v) is 5.00. The van der Waals surface area contributed by atoms with Crippen molar-refractivity contribution in [1.82, 2.24) is 0 Å². The van der Waals surface area contributed by atoms with Gasteiger partial charge in [-0.15, -0.1) is 0 Å². The fraction of sp³-hybridized carbons (Fsp3) is 0.909. The molecule has 2 bridgehead atoms. The molecule has 0 heterocycles. The number of carbonyl (C=O) groups is 1. The van der Waals surface area contributed by atoms with E-state index in [9.17, 15) is 4.79 Å². The third kappa shape index (κ3) is 0.681. The SMILES string of the molecule is CC1C2CCC(C=O)(C2)C1(C)C. The molecule has 68 valence electrons. The zero-order valence-corrected chi connectivity index (χ0v) is 8.26. The van der Waals surface area contributed by atoms with Crippen LogP contribution in [0.15, 0.2) is 0 Å². The highest BCUT2D eigenvalue weighted by Crippen LogP contribution is 2.65. The molecule has 1 heteroatoms. The van der Waals surface area contributed by atoms with Crippen molar-refractivity contribution in [3.05, 3.63) is 0 Å². The molecule has 12 heavy (non-hydrogen) atoms. The van der Waals surface area contributed by atoms with E-state index in [0.717, 1.165) is 24.7 Å². The molecular weight excluding hydrogens is 148 g/mol. The summed E-state index contributed by atoms with van der Waals surface area (Å²) < 4.78 is 0. The number of fused-ring (bicyclic) bond motifs is 2. The minimum absolute atomic E-state index is 0.0388. The average Bonchev–Trinajstić information content (AvgIpc) is 2.53. The van der Waals surface area contributed by atoms with Crippen molar-refractivity contribution in [1.29, 1.82) is 0 Å². The van der Waals surface area contributed by atoms with Crippen LogP contribution in [0.4, 0.5) is 0 Å². The third-order valence-corrected chi connectivity index (χ3v) is 4.94. The Labute approximate surface area is 74.5 Å². The van der Waals surface area contributed by atoms with Crippen LogP contribution in [-0.2, 0) is 4.79 Å². The van der Waals surface area contributed by atoms with E-state index in [1.165, 1.54) is 12.7 Å². The Balaban J connectivity index is 2.41. The maximum atomic E-state index is 11.1. The van der Waals surface area contributed by atoms with E-state index < -0.39 is 0 Å². The lowest BCUT2D eigenvalue weighted by molar-refractivity contribution is -0.122. The van der Waals surface area contributed by atoms with Gasteiger partial charge < -0.3 is 4.79 Å². The van der Waals surface area contributed by atoms with Gasteiger partial charge in [0.05, 0.1) is 0 Å². The molecular formula is C11H18O. The molecule has 0 radical (unpaired) electrons. The van der Waals surface area contributed by atoms with Crippen molar-refractivity contribution in [3.63, 3.8) is 0 Å². The zero-order chi connectivity index (χ0) is 8.98. The summed E-state index contributed by atoms with van der Waals surface area (Å²) in [4.78, 5) is 11.1. The largest absolute Gasteiger partial charge is 0.303 e. The fourth-order valence-corrected chi connectivity index (χ4v) is 3.43. The van der Waals surface area contributed by atoms with Gasteiger partial charge in [-0.05, 0) is 36.5 Å². The Bertz CT molecular complexity index is 219. The highest BCUT2D eigenvalue weighted by Gasteiger charge is 2.60. The molecule has 2 rings (SSSR count). The van der Waals surface area contributed by atoms with Crippen LogP contribution in [0, 0.1) is 22.7 Å². The van der Waals surface area contributed by atoms with Crippen LogP contribution in [-0.4, -0.2) is 6.29 Å².